The smallest absolute Gasteiger partial charge is 0.337 e. The van der Waals surface area contributed by atoms with Crippen LogP contribution in [0.4, 0.5) is 22.7 Å². The van der Waals surface area contributed by atoms with E-state index < -0.39 is 11.9 Å². The van der Waals surface area contributed by atoms with Crippen molar-refractivity contribution < 1.29 is 19.8 Å². The Morgan fingerprint density at radius 3 is 1.27 bits per heavy atom. The molecule has 0 unspecified atom stereocenters. The van der Waals surface area contributed by atoms with Gasteiger partial charge in [0.15, 0.2) is 0 Å². The Hall–Kier alpha value is -4.78. The van der Waals surface area contributed by atoms with Crippen LogP contribution in [0.5, 0.6) is 0 Å². The Kier molecular flexibility index (Phi) is 8.24. The molecule has 0 aromatic heterocycles. The molecule has 0 fully saturated rings. The van der Waals surface area contributed by atoms with Crippen molar-refractivity contribution in [3.8, 4) is 0 Å². The van der Waals surface area contributed by atoms with Crippen LogP contribution in [0.1, 0.15) is 43.3 Å². The number of carbonyl (C=O) groups is 2. The molecule has 0 heterocycles. The van der Waals surface area contributed by atoms with Crippen LogP contribution < -0.4 is 10.6 Å². The van der Waals surface area contributed by atoms with E-state index in [4.69, 9.17) is 23.2 Å². The van der Waals surface area contributed by atoms with Gasteiger partial charge in [-0.1, -0.05) is 77.8 Å². The van der Waals surface area contributed by atoms with Crippen molar-refractivity contribution in [3.05, 3.63) is 153 Å². The second-order valence-corrected chi connectivity index (χ2v) is 10.2. The second kappa shape index (κ2) is 12.2. The molecule has 0 aliphatic rings. The van der Waals surface area contributed by atoms with Crippen molar-refractivity contribution in [1.82, 2.24) is 0 Å². The third-order valence-electron chi connectivity index (χ3n) is 6.59. The summed E-state index contributed by atoms with van der Waals surface area (Å²) in [5, 5.41) is 25.6. The van der Waals surface area contributed by atoms with E-state index in [1.54, 1.807) is 24.3 Å². The first-order chi connectivity index (χ1) is 19.8. The number of benzene rings is 5. The Balaban J connectivity index is 1.40. The predicted octanol–water partition coefficient (Wildman–Crippen LogP) is 9.06. The topological polar surface area (TPSA) is 98.7 Å². The maximum atomic E-state index is 11.4. The highest BCUT2D eigenvalue weighted by molar-refractivity contribution is 6.34. The van der Waals surface area contributed by atoms with Gasteiger partial charge in [0.25, 0.3) is 0 Å². The van der Waals surface area contributed by atoms with Crippen molar-refractivity contribution in [3.63, 3.8) is 0 Å². The lowest BCUT2D eigenvalue weighted by molar-refractivity contribution is 0.0686. The van der Waals surface area contributed by atoms with Crippen LogP contribution in [0, 0.1) is 0 Å². The van der Waals surface area contributed by atoms with Crippen LogP contribution in [-0.4, -0.2) is 22.2 Å². The Bertz CT molecular complexity index is 1600. The van der Waals surface area contributed by atoms with Crippen molar-refractivity contribution in [1.29, 1.82) is 0 Å². The van der Waals surface area contributed by atoms with Gasteiger partial charge in [-0.05, 0) is 77.4 Å². The third-order valence-corrected chi connectivity index (χ3v) is 7.25. The average Bonchev–Trinajstić information content (AvgIpc) is 2.97. The van der Waals surface area contributed by atoms with Crippen LogP contribution in [0.2, 0.25) is 10.0 Å². The number of hydrogen-bond donors (Lipinski definition) is 4. The predicted molar refractivity (Wildman–Crippen MR) is 164 cm³/mol. The molecular weight excluding hydrogens is 559 g/mol. The zero-order valence-electron chi connectivity index (χ0n) is 21.5. The molecule has 0 amide bonds. The molecule has 5 aromatic rings. The van der Waals surface area contributed by atoms with Gasteiger partial charge in [0.1, 0.15) is 0 Å². The summed E-state index contributed by atoms with van der Waals surface area (Å²) in [5.41, 5.74) is 6.22. The summed E-state index contributed by atoms with van der Waals surface area (Å²) in [5.74, 6) is -2.21. The van der Waals surface area contributed by atoms with E-state index in [2.05, 4.69) is 22.8 Å². The molecule has 5 aromatic carbocycles. The van der Waals surface area contributed by atoms with Gasteiger partial charge in [-0.25, -0.2) is 9.59 Å². The van der Waals surface area contributed by atoms with Crippen molar-refractivity contribution in [2.45, 2.75) is 5.92 Å². The van der Waals surface area contributed by atoms with E-state index >= 15 is 0 Å². The first-order valence-electron chi connectivity index (χ1n) is 12.6. The number of rotatable bonds is 9. The molecule has 0 spiro atoms. The normalized spacial score (nSPS) is 10.8. The van der Waals surface area contributed by atoms with Gasteiger partial charge in [0.05, 0.1) is 21.2 Å². The fraction of sp³-hybridized carbons (Fsp3) is 0.0303. The zero-order valence-corrected chi connectivity index (χ0v) is 23.0. The van der Waals surface area contributed by atoms with Gasteiger partial charge in [0.2, 0.25) is 0 Å². The van der Waals surface area contributed by atoms with Gasteiger partial charge >= 0.3 is 11.9 Å². The highest BCUT2D eigenvalue weighted by Gasteiger charge is 2.17. The molecule has 8 heteroatoms. The number of carboxylic acid groups (broad SMARTS) is 2. The van der Waals surface area contributed by atoms with E-state index in [0.717, 1.165) is 28.1 Å². The monoisotopic (exact) mass is 582 g/mol. The fourth-order valence-corrected chi connectivity index (χ4v) is 5.00. The highest BCUT2D eigenvalue weighted by Crippen LogP contribution is 2.34. The lowest BCUT2D eigenvalue weighted by Crippen LogP contribution is -2.04. The minimum atomic E-state index is -1.08. The van der Waals surface area contributed by atoms with Crippen molar-refractivity contribution in [2.75, 3.05) is 10.6 Å². The molecule has 5 rings (SSSR count). The molecule has 0 aliphatic heterocycles. The Morgan fingerprint density at radius 1 is 0.512 bits per heavy atom. The molecule has 41 heavy (non-hydrogen) atoms. The fourth-order valence-electron chi connectivity index (χ4n) is 4.61. The van der Waals surface area contributed by atoms with E-state index in [1.807, 2.05) is 66.7 Å². The van der Waals surface area contributed by atoms with E-state index in [-0.39, 0.29) is 27.1 Å². The van der Waals surface area contributed by atoms with Crippen LogP contribution in [0.15, 0.2) is 115 Å². The van der Waals surface area contributed by atoms with Gasteiger partial charge in [-0.15, -0.1) is 0 Å². The minimum absolute atomic E-state index is 0.0359. The summed E-state index contributed by atoms with van der Waals surface area (Å²) in [6, 6.07) is 35.8. The van der Waals surface area contributed by atoms with Crippen LogP contribution in [0.3, 0.4) is 0 Å². The van der Waals surface area contributed by atoms with Crippen LogP contribution in [0.25, 0.3) is 0 Å². The summed E-state index contributed by atoms with van der Waals surface area (Å²) < 4.78 is 0. The Labute approximate surface area is 246 Å². The minimum Gasteiger partial charge on any atom is -0.478 e. The SMILES string of the molecule is O=C(O)c1cc(Nc2ccc(C(c3ccccc3)c3ccc(Nc4ccc(Cl)c(C(=O)O)c4)cc3)cc2)ccc1Cl. The molecule has 0 saturated carbocycles. The maximum Gasteiger partial charge on any atom is 0.337 e. The van der Waals surface area contributed by atoms with E-state index in [0.29, 0.717) is 11.4 Å². The molecule has 6 nitrogen and oxygen atoms in total. The first-order valence-corrected chi connectivity index (χ1v) is 13.4. The molecule has 0 bridgehead atoms. The molecule has 204 valence electrons. The number of hydrogen-bond acceptors (Lipinski definition) is 4. The largest absolute Gasteiger partial charge is 0.478 e. The van der Waals surface area contributed by atoms with Gasteiger partial charge < -0.3 is 20.8 Å². The summed E-state index contributed by atoms with van der Waals surface area (Å²) >= 11 is 12.0. The third kappa shape index (κ3) is 6.52. The molecule has 0 atom stereocenters. The summed E-state index contributed by atoms with van der Waals surface area (Å²) in [6.45, 7) is 0. The Morgan fingerprint density at radius 2 is 0.878 bits per heavy atom. The lowest BCUT2D eigenvalue weighted by Gasteiger charge is -2.20. The summed E-state index contributed by atoms with van der Waals surface area (Å²) in [7, 11) is 0. The number of aromatic carboxylic acids is 2. The number of anilines is 4. The molecular formula is C33H24Cl2N2O4. The van der Waals surface area contributed by atoms with Crippen LogP contribution >= 0.6 is 23.2 Å². The molecule has 0 radical (unpaired) electrons. The van der Waals surface area contributed by atoms with Gasteiger partial charge in [0, 0.05) is 28.7 Å². The quantitative estimate of drug-likeness (QED) is 0.129. The number of halogens is 2. The first kappa shape index (κ1) is 27.8. The van der Waals surface area contributed by atoms with E-state index in [1.165, 1.54) is 12.1 Å². The maximum absolute atomic E-state index is 11.4. The van der Waals surface area contributed by atoms with Crippen molar-refractivity contribution in [2.24, 2.45) is 0 Å². The lowest BCUT2D eigenvalue weighted by atomic mass is 9.85. The number of carboxylic acids is 2. The van der Waals surface area contributed by atoms with Gasteiger partial charge in [-0.2, -0.15) is 0 Å². The summed E-state index contributed by atoms with van der Waals surface area (Å²) in [6.07, 6.45) is 0. The van der Waals surface area contributed by atoms with E-state index in [9.17, 15) is 19.8 Å². The zero-order chi connectivity index (χ0) is 28.9. The molecule has 0 saturated heterocycles. The highest BCUT2D eigenvalue weighted by atomic mass is 35.5. The second-order valence-electron chi connectivity index (χ2n) is 9.34. The molecule has 0 aliphatic carbocycles. The van der Waals surface area contributed by atoms with Gasteiger partial charge in [-0.3, -0.25) is 0 Å². The average molecular weight is 583 g/mol. The molecule has 4 N–H and O–H groups in total. The summed E-state index contributed by atoms with van der Waals surface area (Å²) in [4.78, 5) is 22.9. The standard InChI is InChI=1S/C33H24Cl2N2O4/c34-29-16-14-25(18-27(29)32(38)39)36-23-10-6-21(7-11-23)31(20-4-2-1-3-5-20)22-8-12-24(13-9-22)37-26-15-17-30(35)28(19-26)33(40)41/h1-19,31,36-37H,(H,38,39)(H,40,41). The van der Waals surface area contributed by atoms with Crippen LogP contribution in [-0.2, 0) is 0 Å². The van der Waals surface area contributed by atoms with Crippen molar-refractivity contribution >= 4 is 57.9 Å². The number of nitrogens with one attached hydrogen (secondary N) is 2.